The summed E-state index contributed by atoms with van der Waals surface area (Å²) in [6.45, 7) is 5.11. The quantitative estimate of drug-likeness (QED) is 0.425. The Morgan fingerprint density at radius 1 is 1.00 bits per heavy atom. The van der Waals surface area contributed by atoms with Crippen LogP contribution in [0.3, 0.4) is 0 Å². The fourth-order valence-corrected chi connectivity index (χ4v) is 8.79. The standard InChI is InChI=1S/C28H43NO2/c1-26-14-7-4-8-20(26)9-11-22-23-12-10-21(27(23,2)17-13-24(22)26)18-25(31)29-28(19-30)15-5-3-6-16-28/h9,18,22-24,30H,3-8,10-17,19H2,1-2H3,(H,29,31)/b21-18+/t22-,23-,24-,26-,27+/m0/s1. The van der Waals surface area contributed by atoms with Gasteiger partial charge in [0, 0.05) is 6.08 Å². The van der Waals surface area contributed by atoms with Crippen molar-refractivity contribution < 1.29 is 9.90 Å². The summed E-state index contributed by atoms with van der Waals surface area (Å²) < 4.78 is 0. The van der Waals surface area contributed by atoms with Gasteiger partial charge in [0.05, 0.1) is 12.1 Å². The average molecular weight is 426 g/mol. The average Bonchev–Trinajstić information content (AvgIpc) is 3.10. The Kier molecular flexibility index (Phi) is 5.64. The van der Waals surface area contributed by atoms with Crippen molar-refractivity contribution in [2.24, 2.45) is 28.6 Å². The van der Waals surface area contributed by atoms with Crippen molar-refractivity contribution in [2.45, 2.75) is 109 Å². The van der Waals surface area contributed by atoms with Crippen molar-refractivity contribution in [2.75, 3.05) is 6.61 Å². The second kappa shape index (κ2) is 8.04. The number of aliphatic hydroxyl groups excluding tert-OH is 1. The molecule has 0 spiro atoms. The molecule has 3 heteroatoms. The summed E-state index contributed by atoms with van der Waals surface area (Å²) in [5.74, 6) is 2.41. The highest BCUT2D eigenvalue weighted by molar-refractivity contribution is 5.89. The van der Waals surface area contributed by atoms with Crippen molar-refractivity contribution in [1.29, 1.82) is 0 Å². The van der Waals surface area contributed by atoms with Gasteiger partial charge >= 0.3 is 0 Å². The monoisotopic (exact) mass is 425 g/mol. The van der Waals surface area contributed by atoms with Crippen LogP contribution in [0.4, 0.5) is 0 Å². The summed E-state index contributed by atoms with van der Waals surface area (Å²) in [4.78, 5) is 13.1. The number of hydrogen-bond acceptors (Lipinski definition) is 2. The zero-order chi connectivity index (χ0) is 21.7. The second-order valence-corrected chi connectivity index (χ2v) is 12.1. The lowest BCUT2D eigenvalue weighted by molar-refractivity contribution is -0.119. The van der Waals surface area contributed by atoms with Crippen molar-refractivity contribution in [1.82, 2.24) is 5.32 Å². The molecule has 31 heavy (non-hydrogen) atoms. The number of carbonyl (C=O) groups excluding carboxylic acids is 1. The fraction of sp³-hybridized carbons (Fsp3) is 0.821. The maximum Gasteiger partial charge on any atom is 0.244 e. The van der Waals surface area contributed by atoms with Gasteiger partial charge in [-0.2, -0.15) is 0 Å². The summed E-state index contributed by atoms with van der Waals surface area (Å²) in [6, 6.07) is 0. The summed E-state index contributed by atoms with van der Waals surface area (Å²) >= 11 is 0. The Labute approximate surface area is 189 Å². The molecule has 5 aliphatic rings. The van der Waals surface area contributed by atoms with Crippen LogP contribution in [0, 0.1) is 28.6 Å². The molecule has 0 aromatic heterocycles. The van der Waals surface area contributed by atoms with Gasteiger partial charge in [-0.05, 0) is 92.8 Å². The van der Waals surface area contributed by atoms with Crippen LogP contribution in [0.2, 0.25) is 0 Å². The highest BCUT2D eigenvalue weighted by atomic mass is 16.3. The maximum absolute atomic E-state index is 13.1. The predicted octanol–water partition coefficient (Wildman–Crippen LogP) is 6.08. The van der Waals surface area contributed by atoms with E-state index in [1.54, 1.807) is 5.57 Å². The highest BCUT2D eigenvalue weighted by Gasteiger charge is 2.56. The number of fused-ring (bicyclic) bond motifs is 5. The van der Waals surface area contributed by atoms with Crippen LogP contribution in [0.1, 0.15) is 104 Å². The van der Waals surface area contributed by atoms with E-state index >= 15 is 0 Å². The lowest BCUT2D eigenvalue weighted by Gasteiger charge is -2.57. The molecule has 0 radical (unpaired) electrons. The zero-order valence-corrected chi connectivity index (χ0v) is 19.8. The van der Waals surface area contributed by atoms with Gasteiger partial charge < -0.3 is 10.4 Å². The minimum absolute atomic E-state index is 0.0417. The Hall–Kier alpha value is -1.09. The van der Waals surface area contributed by atoms with Crippen molar-refractivity contribution in [3.63, 3.8) is 0 Å². The highest BCUT2D eigenvalue weighted by Crippen LogP contribution is 2.66. The summed E-state index contributed by atoms with van der Waals surface area (Å²) in [6.07, 6.45) is 21.5. The summed E-state index contributed by atoms with van der Waals surface area (Å²) in [5.41, 5.74) is 3.41. The van der Waals surface area contributed by atoms with E-state index in [9.17, 15) is 9.90 Å². The Morgan fingerprint density at radius 3 is 2.52 bits per heavy atom. The molecule has 0 aliphatic heterocycles. The minimum atomic E-state index is -0.386. The third kappa shape index (κ3) is 3.54. The van der Waals surface area contributed by atoms with Gasteiger partial charge in [-0.1, -0.05) is 56.8 Å². The van der Waals surface area contributed by atoms with Gasteiger partial charge in [-0.3, -0.25) is 4.79 Å². The molecule has 0 aromatic carbocycles. The molecular formula is C28H43NO2. The summed E-state index contributed by atoms with van der Waals surface area (Å²) in [7, 11) is 0. The third-order valence-electron chi connectivity index (χ3n) is 10.7. The molecule has 5 atom stereocenters. The fourth-order valence-electron chi connectivity index (χ4n) is 8.79. The van der Waals surface area contributed by atoms with Gasteiger partial charge in [0.15, 0.2) is 0 Å². The molecule has 4 fully saturated rings. The van der Waals surface area contributed by atoms with E-state index in [1.807, 2.05) is 6.08 Å². The van der Waals surface area contributed by atoms with Crippen LogP contribution in [0.15, 0.2) is 23.3 Å². The first-order chi connectivity index (χ1) is 14.9. The van der Waals surface area contributed by atoms with E-state index in [4.69, 9.17) is 0 Å². The van der Waals surface area contributed by atoms with Gasteiger partial charge in [0.2, 0.25) is 5.91 Å². The van der Waals surface area contributed by atoms with Gasteiger partial charge in [-0.25, -0.2) is 0 Å². The maximum atomic E-state index is 13.1. The first kappa shape index (κ1) is 21.7. The zero-order valence-electron chi connectivity index (χ0n) is 19.8. The lowest BCUT2D eigenvalue weighted by Crippen LogP contribution is -2.52. The SMILES string of the molecule is C[C@]12CCCCC1=CC[C@@H]1[C@@H]2CC[C@]2(C)/C(=C/C(=O)NC3(CO)CCCCC3)CC[C@@H]12. The molecule has 0 heterocycles. The Balaban J connectivity index is 1.34. The van der Waals surface area contributed by atoms with Crippen LogP contribution < -0.4 is 5.32 Å². The van der Waals surface area contributed by atoms with E-state index in [0.717, 1.165) is 49.9 Å². The smallest absolute Gasteiger partial charge is 0.244 e. The normalized spacial score (nSPS) is 42.9. The molecule has 0 bridgehead atoms. The predicted molar refractivity (Wildman–Crippen MR) is 125 cm³/mol. The molecule has 2 N–H and O–H groups in total. The number of nitrogens with one attached hydrogen (secondary N) is 1. The molecule has 5 aliphatic carbocycles. The van der Waals surface area contributed by atoms with Gasteiger partial charge in [-0.15, -0.1) is 0 Å². The molecule has 5 rings (SSSR count). The first-order valence-corrected chi connectivity index (χ1v) is 13.2. The van der Waals surface area contributed by atoms with Crippen LogP contribution in [0.5, 0.6) is 0 Å². The van der Waals surface area contributed by atoms with E-state index < -0.39 is 0 Å². The van der Waals surface area contributed by atoms with E-state index in [0.29, 0.717) is 5.41 Å². The van der Waals surface area contributed by atoms with E-state index in [2.05, 4.69) is 25.2 Å². The van der Waals surface area contributed by atoms with Crippen LogP contribution in [0.25, 0.3) is 0 Å². The Morgan fingerprint density at radius 2 is 1.74 bits per heavy atom. The van der Waals surface area contributed by atoms with E-state index in [1.165, 1.54) is 63.4 Å². The number of allylic oxidation sites excluding steroid dienone is 3. The molecule has 172 valence electrons. The number of hydrogen-bond donors (Lipinski definition) is 2. The van der Waals surface area contributed by atoms with Crippen molar-refractivity contribution in [3.05, 3.63) is 23.3 Å². The lowest BCUT2D eigenvalue weighted by atomic mass is 9.48. The van der Waals surface area contributed by atoms with Crippen LogP contribution in [-0.2, 0) is 4.79 Å². The molecule has 0 aromatic rings. The minimum Gasteiger partial charge on any atom is -0.394 e. The van der Waals surface area contributed by atoms with Crippen LogP contribution in [-0.4, -0.2) is 23.2 Å². The van der Waals surface area contributed by atoms with E-state index in [-0.39, 0.29) is 23.5 Å². The molecule has 1 amide bonds. The number of aliphatic hydroxyl groups is 1. The molecule has 4 saturated carbocycles. The molecule has 3 nitrogen and oxygen atoms in total. The third-order valence-corrected chi connectivity index (χ3v) is 10.7. The Bertz CT molecular complexity index is 776. The largest absolute Gasteiger partial charge is 0.394 e. The van der Waals surface area contributed by atoms with Gasteiger partial charge in [0.1, 0.15) is 0 Å². The van der Waals surface area contributed by atoms with Crippen LogP contribution >= 0.6 is 0 Å². The molecule has 0 unspecified atom stereocenters. The molecule has 0 saturated heterocycles. The second-order valence-electron chi connectivity index (χ2n) is 12.1. The summed E-state index contributed by atoms with van der Waals surface area (Å²) in [5, 5.41) is 13.2. The molecular weight excluding hydrogens is 382 g/mol. The number of amides is 1. The van der Waals surface area contributed by atoms with Crippen molar-refractivity contribution in [3.8, 4) is 0 Å². The van der Waals surface area contributed by atoms with Crippen molar-refractivity contribution >= 4 is 5.91 Å². The topological polar surface area (TPSA) is 49.3 Å². The number of rotatable bonds is 3. The number of carbonyl (C=O) groups is 1. The van der Waals surface area contributed by atoms with Gasteiger partial charge in [0.25, 0.3) is 0 Å². The first-order valence-electron chi connectivity index (χ1n) is 13.2.